The summed E-state index contributed by atoms with van der Waals surface area (Å²) < 4.78 is 0. The molecule has 0 spiro atoms. The number of hydrazine groups is 1. The zero-order valence-electron chi connectivity index (χ0n) is 12.9. The Kier molecular flexibility index (Phi) is 4.56. The summed E-state index contributed by atoms with van der Waals surface area (Å²) in [6, 6.07) is 5.94. The van der Waals surface area contributed by atoms with Crippen LogP contribution in [0.3, 0.4) is 0 Å². The molecule has 1 aromatic carbocycles. The van der Waals surface area contributed by atoms with Gasteiger partial charge in [-0.05, 0) is 31.0 Å². The van der Waals surface area contributed by atoms with E-state index < -0.39 is 23.0 Å². The minimum atomic E-state index is -0.971. The zero-order valence-corrected chi connectivity index (χ0v) is 12.9. The maximum absolute atomic E-state index is 12.3. The molecular formula is C15H21N5O3. The fourth-order valence-electron chi connectivity index (χ4n) is 3.29. The highest BCUT2D eigenvalue weighted by Gasteiger charge is 2.46. The first kappa shape index (κ1) is 15.9. The molecule has 3 rings (SSSR count). The van der Waals surface area contributed by atoms with Gasteiger partial charge in [0.05, 0.1) is 6.04 Å². The smallest absolute Gasteiger partial charge is 0.254 e. The van der Waals surface area contributed by atoms with Crippen molar-refractivity contribution in [3.8, 4) is 0 Å². The van der Waals surface area contributed by atoms with Crippen LogP contribution in [-0.2, 0) is 11.2 Å². The van der Waals surface area contributed by atoms with Crippen molar-refractivity contribution in [3.63, 3.8) is 0 Å². The number of carbonyl (C=O) groups excluding carboxylic acids is 1. The highest BCUT2D eigenvalue weighted by Crippen LogP contribution is 2.22. The molecule has 2 aliphatic heterocycles. The molecular weight excluding hydrogens is 298 g/mol. The summed E-state index contributed by atoms with van der Waals surface area (Å²) in [7, 11) is 0. The van der Waals surface area contributed by atoms with E-state index in [2.05, 4.69) is 33.6 Å². The molecule has 1 fully saturated rings. The molecule has 2 heterocycles. The van der Waals surface area contributed by atoms with Crippen molar-refractivity contribution in [2.75, 3.05) is 13.1 Å². The molecule has 1 amide bonds. The quantitative estimate of drug-likeness (QED) is 0.440. The van der Waals surface area contributed by atoms with Crippen LogP contribution in [0.2, 0.25) is 0 Å². The topological polar surface area (TPSA) is 108 Å². The van der Waals surface area contributed by atoms with Crippen LogP contribution in [0.15, 0.2) is 24.3 Å². The fourth-order valence-corrected chi connectivity index (χ4v) is 3.29. The van der Waals surface area contributed by atoms with Gasteiger partial charge in [-0.2, -0.15) is 0 Å². The van der Waals surface area contributed by atoms with E-state index in [1.54, 1.807) is 6.92 Å². The Balaban J connectivity index is 1.63. The van der Waals surface area contributed by atoms with E-state index in [-0.39, 0.29) is 11.9 Å². The number of hydrogen-bond donors (Lipinski definition) is 4. The average Bonchev–Trinajstić information content (AvgIpc) is 2.94. The number of hydrogen-bond acceptors (Lipinski definition) is 6. The van der Waals surface area contributed by atoms with Gasteiger partial charge >= 0.3 is 0 Å². The molecule has 124 valence electrons. The number of nitrogens with one attached hydrogen (secondary N) is 4. The molecule has 0 radical (unpaired) electrons. The lowest BCUT2D eigenvalue weighted by atomic mass is 9.94. The molecule has 4 N–H and O–H groups in total. The lowest BCUT2D eigenvalue weighted by Gasteiger charge is -2.27. The van der Waals surface area contributed by atoms with Crippen molar-refractivity contribution in [1.82, 2.24) is 21.5 Å². The zero-order chi connectivity index (χ0) is 16.4. The Morgan fingerprint density at radius 3 is 2.96 bits per heavy atom. The maximum Gasteiger partial charge on any atom is 0.254 e. The number of rotatable bonds is 4. The third-order valence-corrected chi connectivity index (χ3v) is 4.54. The lowest BCUT2D eigenvalue weighted by Crippen LogP contribution is -2.51. The summed E-state index contributed by atoms with van der Waals surface area (Å²) in [4.78, 5) is 23.0. The number of benzene rings is 1. The normalized spacial score (nSPS) is 29.8. The summed E-state index contributed by atoms with van der Waals surface area (Å²) in [6.07, 6.45) is 0.968. The van der Waals surface area contributed by atoms with Crippen molar-refractivity contribution < 1.29 is 9.72 Å². The van der Waals surface area contributed by atoms with Crippen molar-refractivity contribution in [2.45, 2.75) is 37.5 Å². The summed E-state index contributed by atoms with van der Waals surface area (Å²) in [5, 5.41) is 17.3. The third kappa shape index (κ3) is 3.19. The van der Waals surface area contributed by atoms with Gasteiger partial charge < -0.3 is 10.6 Å². The van der Waals surface area contributed by atoms with E-state index in [0.717, 1.165) is 13.0 Å². The van der Waals surface area contributed by atoms with Crippen molar-refractivity contribution in [3.05, 3.63) is 45.5 Å². The standard InChI is InChI=1S/C15H21N5O3/c1-9-14(20(22)23)13(19-18-9)15(21)17-8-12-11-5-3-2-4-10(11)6-7-16-12/h2-5,9,12-14,16,18-19H,6-8H2,1H3,(H,17,21). The molecule has 0 aliphatic carbocycles. The molecule has 0 bridgehead atoms. The van der Waals surface area contributed by atoms with Gasteiger partial charge in [0.25, 0.3) is 6.04 Å². The first-order valence-electron chi connectivity index (χ1n) is 7.81. The van der Waals surface area contributed by atoms with Gasteiger partial charge in [0.15, 0.2) is 6.04 Å². The lowest BCUT2D eigenvalue weighted by molar-refractivity contribution is -0.523. The highest BCUT2D eigenvalue weighted by atomic mass is 16.6. The third-order valence-electron chi connectivity index (χ3n) is 4.54. The van der Waals surface area contributed by atoms with Crippen LogP contribution in [0.25, 0.3) is 0 Å². The largest absolute Gasteiger partial charge is 0.353 e. The summed E-state index contributed by atoms with van der Waals surface area (Å²) in [5.74, 6) is -0.353. The second kappa shape index (κ2) is 6.61. The van der Waals surface area contributed by atoms with Gasteiger partial charge in [-0.15, -0.1) is 0 Å². The fraction of sp³-hybridized carbons (Fsp3) is 0.533. The van der Waals surface area contributed by atoms with Crippen LogP contribution >= 0.6 is 0 Å². The SMILES string of the molecule is CC1NNC(C(=O)NCC2NCCc3ccccc32)C1[N+](=O)[O-]. The van der Waals surface area contributed by atoms with E-state index in [0.29, 0.717) is 6.54 Å². The van der Waals surface area contributed by atoms with Crippen molar-refractivity contribution in [2.24, 2.45) is 0 Å². The van der Waals surface area contributed by atoms with Crippen LogP contribution in [0.5, 0.6) is 0 Å². The Labute approximate surface area is 134 Å². The molecule has 0 saturated carbocycles. The molecule has 4 atom stereocenters. The van der Waals surface area contributed by atoms with Gasteiger partial charge in [0.1, 0.15) is 0 Å². The molecule has 23 heavy (non-hydrogen) atoms. The van der Waals surface area contributed by atoms with E-state index >= 15 is 0 Å². The van der Waals surface area contributed by atoms with Crippen LogP contribution in [0.4, 0.5) is 0 Å². The Morgan fingerprint density at radius 2 is 2.17 bits per heavy atom. The van der Waals surface area contributed by atoms with E-state index in [1.165, 1.54) is 11.1 Å². The van der Waals surface area contributed by atoms with E-state index in [9.17, 15) is 14.9 Å². The molecule has 8 heteroatoms. The first-order chi connectivity index (χ1) is 11.1. The first-order valence-corrected chi connectivity index (χ1v) is 7.81. The Bertz CT molecular complexity index is 609. The molecule has 2 aliphatic rings. The molecule has 1 aromatic rings. The second-order valence-electron chi connectivity index (χ2n) is 6.03. The monoisotopic (exact) mass is 319 g/mol. The second-order valence-corrected chi connectivity index (χ2v) is 6.03. The minimum Gasteiger partial charge on any atom is -0.353 e. The Hall–Kier alpha value is -2.03. The number of amides is 1. The van der Waals surface area contributed by atoms with Crippen LogP contribution < -0.4 is 21.5 Å². The summed E-state index contributed by atoms with van der Waals surface area (Å²) in [6.45, 7) is 2.95. The molecule has 1 saturated heterocycles. The minimum absolute atomic E-state index is 0.0322. The highest BCUT2D eigenvalue weighted by molar-refractivity contribution is 5.82. The van der Waals surface area contributed by atoms with Crippen molar-refractivity contribution >= 4 is 5.91 Å². The predicted molar refractivity (Wildman–Crippen MR) is 84.2 cm³/mol. The van der Waals surface area contributed by atoms with Gasteiger partial charge in [0, 0.05) is 17.5 Å². The van der Waals surface area contributed by atoms with Gasteiger partial charge in [-0.3, -0.25) is 14.9 Å². The van der Waals surface area contributed by atoms with Gasteiger partial charge in [0.2, 0.25) is 5.91 Å². The van der Waals surface area contributed by atoms with Crippen molar-refractivity contribution in [1.29, 1.82) is 0 Å². The average molecular weight is 319 g/mol. The number of carbonyl (C=O) groups is 1. The summed E-state index contributed by atoms with van der Waals surface area (Å²) in [5.41, 5.74) is 7.94. The van der Waals surface area contributed by atoms with E-state index in [4.69, 9.17) is 0 Å². The summed E-state index contributed by atoms with van der Waals surface area (Å²) >= 11 is 0. The number of nitrogens with zero attached hydrogens (tertiary/aromatic N) is 1. The molecule has 8 nitrogen and oxygen atoms in total. The molecule has 0 aromatic heterocycles. The molecule has 4 unspecified atom stereocenters. The van der Waals surface area contributed by atoms with Crippen LogP contribution in [0, 0.1) is 10.1 Å². The van der Waals surface area contributed by atoms with Gasteiger partial charge in [-0.25, -0.2) is 10.9 Å². The number of nitro groups is 1. The predicted octanol–water partition coefficient (Wildman–Crippen LogP) is -0.500. The van der Waals surface area contributed by atoms with Crippen LogP contribution in [0.1, 0.15) is 24.1 Å². The number of fused-ring (bicyclic) bond motifs is 1. The van der Waals surface area contributed by atoms with E-state index in [1.807, 2.05) is 12.1 Å². The Morgan fingerprint density at radius 1 is 1.39 bits per heavy atom. The van der Waals surface area contributed by atoms with Crippen LogP contribution in [-0.4, -0.2) is 42.0 Å². The maximum atomic E-state index is 12.3. The van der Waals surface area contributed by atoms with Gasteiger partial charge in [-0.1, -0.05) is 24.3 Å².